The first kappa shape index (κ1) is 12.9. The van der Waals surface area contributed by atoms with Crippen LogP contribution in [0.2, 0.25) is 0 Å². The molecule has 0 amide bonds. The Morgan fingerprint density at radius 2 is 2.13 bits per heavy atom. The molecule has 5 nitrogen and oxygen atoms in total. The van der Waals surface area contributed by atoms with E-state index in [1.807, 2.05) is 0 Å². The molecule has 0 radical (unpaired) electrons. The summed E-state index contributed by atoms with van der Waals surface area (Å²) in [6.07, 6.45) is 2.94. The van der Waals surface area contributed by atoms with Gasteiger partial charge < -0.3 is 10.5 Å². The highest BCUT2D eigenvalue weighted by Crippen LogP contribution is 2.34. The first-order chi connectivity index (χ1) is 6.96. The quantitative estimate of drug-likeness (QED) is 0.670. The molecule has 0 spiro atoms. The molecule has 0 bridgehead atoms. The first-order valence-electron chi connectivity index (χ1n) is 5.19. The van der Waals surface area contributed by atoms with Crippen molar-refractivity contribution in [2.75, 3.05) is 20.2 Å². The van der Waals surface area contributed by atoms with Gasteiger partial charge in [-0.2, -0.15) is 0 Å². The Morgan fingerprint density at radius 3 is 2.47 bits per heavy atom. The van der Waals surface area contributed by atoms with Gasteiger partial charge in [0.1, 0.15) is 0 Å². The van der Waals surface area contributed by atoms with Crippen molar-refractivity contribution < 1.29 is 13.2 Å². The van der Waals surface area contributed by atoms with E-state index in [1.54, 1.807) is 14.0 Å². The van der Waals surface area contributed by atoms with E-state index in [0.717, 1.165) is 19.3 Å². The van der Waals surface area contributed by atoms with Gasteiger partial charge in [0.05, 0.1) is 10.9 Å². The summed E-state index contributed by atoms with van der Waals surface area (Å²) >= 11 is 0. The molecule has 0 aliphatic heterocycles. The molecule has 0 aromatic heterocycles. The van der Waals surface area contributed by atoms with Gasteiger partial charge in [-0.05, 0) is 26.2 Å². The average Bonchev–Trinajstić information content (AvgIpc) is 2.15. The smallest absolute Gasteiger partial charge is 0.215 e. The van der Waals surface area contributed by atoms with Gasteiger partial charge in [-0.1, -0.05) is 0 Å². The first-order valence-corrected chi connectivity index (χ1v) is 6.74. The van der Waals surface area contributed by atoms with Crippen LogP contribution in [0.15, 0.2) is 0 Å². The largest absolute Gasteiger partial charge is 0.377 e. The Balaban J connectivity index is 2.49. The van der Waals surface area contributed by atoms with E-state index in [9.17, 15) is 8.42 Å². The zero-order chi connectivity index (χ0) is 11.5. The molecule has 6 heteroatoms. The summed E-state index contributed by atoms with van der Waals surface area (Å²) in [5, 5.41) is -0.550. The van der Waals surface area contributed by atoms with Crippen LogP contribution in [0.4, 0.5) is 0 Å². The van der Waals surface area contributed by atoms with Crippen molar-refractivity contribution in [1.82, 2.24) is 4.72 Å². The van der Waals surface area contributed by atoms with Crippen LogP contribution in [-0.4, -0.2) is 39.5 Å². The minimum Gasteiger partial charge on any atom is -0.377 e. The van der Waals surface area contributed by atoms with Crippen LogP contribution in [0.25, 0.3) is 0 Å². The van der Waals surface area contributed by atoms with Crippen LogP contribution in [-0.2, 0) is 14.8 Å². The monoisotopic (exact) mass is 236 g/mol. The summed E-state index contributed by atoms with van der Waals surface area (Å²) in [6.45, 7) is 2.09. The van der Waals surface area contributed by atoms with Gasteiger partial charge in [-0.3, -0.25) is 0 Å². The summed E-state index contributed by atoms with van der Waals surface area (Å²) in [7, 11) is -1.66. The molecule has 0 aromatic rings. The number of ether oxygens (including phenoxy) is 1. The standard InChI is InChI=1S/C9H20N2O3S/c1-8(6-10)15(12,13)11-7-9(14-2)4-3-5-9/h8,11H,3-7,10H2,1-2H3. The van der Waals surface area contributed by atoms with Crippen LogP contribution in [0, 0.1) is 0 Å². The van der Waals surface area contributed by atoms with Crippen LogP contribution >= 0.6 is 0 Å². The van der Waals surface area contributed by atoms with E-state index in [-0.39, 0.29) is 12.1 Å². The predicted molar refractivity (Wildman–Crippen MR) is 59.0 cm³/mol. The summed E-state index contributed by atoms with van der Waals surface area (Å²) in [5.41, 5.74) is 5.05. The van der Waals surface area contributed by atoms with E-state index in [0.29, 0.717) is 6.54 Å². The average molecular weight is 236 g/mol. The predicted octanol–water partition coefficient (Wildman–Crippen LogP) is -0.178. The number of nitrogens with one attached hydrogen (secondary N) is 1. The van der Waals surface area contributed by atoms with Gasteiger partial charge in [-0.15, -0.1) is 0 Å². The molecule has 1 unspecified atom stereocenters. The number of rotatable bonds is 6. The van der Waals surface area contributed by atoms with Crippen molar-refractivity contribution in [3.63, 3.8) is 0 Å². The molecule has 15 heavy (non-hydrogen) atoms. The molecule has 1 saturated carbocycles. The minimum atomic E-state index is -3.28. The lowest BCUT2D eigenvalue weighted by Crippen LogP contribution is -2.51. The summed E-state index contributed by atoms with van der Waals surface area (Å²) < 4.78 is 31.1. The van der Waals surface area contributed by atoms with Crippen molar-refractivity contribution in [3.05, 3.63) is 0 Å². The van der Waals surface area contributed by atoms with E-state index in [4.69, 9.17) is 10.5 Å². The SMILES string of the molecule is COC1(CNS(=O)(=O)C(C)CN)CCC1. The van der Waals surface area contributed by atoms with E-state index in [1.165, 1.54) is 0 Å². The molecular formula is C9H20N2O3S. The zero-order valence-electron chi connectivity index (χ0n) is 9.32. The maximum absolute atomic E-state index is 11.6. The van der Waals surface area contributed by atoms with Gasteiger partial charge in [-0.25, -0.2) is 13.1 Å². The topological polar surface area (TPSA) is 81.4 Å². The second-order valence-corrected chi connectivity index (χ2v) is 6.34. The highest BCUT2D eigenvalue weighted by atomic mass is 32.2. The van der Waals surface area contributed by atoms with Crippen LogP contribution in [0.5, 0.6) is 0 Å². The Labute approximate surface area is 91.4 Å². The lowest BCUT2D eigenvalue weighted by Gasteiger charge is -2.40. The summed E-state index contributed by atoms with van der Waals surface area (Å²) in [4.78, 5) is 0. The van der Waals surface area contributed by atoms with Gasteiger partial charge in [0.15, 0.2) is 0 Å². The molecule has 0 heterocycles. The molecule has 1 aliphatic rings. The molecule has 1 rings (SSSR count). The maximum Gasteiger partial charge on any atom is 0.215 e. The van der Waals surface area contributed by atoms with Crippen LogP contribution in [0.3, 0.4) is 0 Å². The molecule has 0 saturated heterocycles. The van der Waals surface area contributed by atoms with Crippen molar-refractivity contribution in [2.45, 2.75) is 37.0 Å². The fourth-order valence-corrected chi connectivity index (χ4v) is 2.53. The van der Waals surface area contributed by atoms with Crippen molar-refractivity contribution >= 4 is 10.0 Å². The highest BCUT2D eigenvalue weighted by Gasteiger charge is 2.38. The third-order valence-electron chi connectivity index (χ3n) is 3.15. The Kier molecular flexibility index (Phi) is 4.11. The Hall–Kier alpha value is -0.170. The second-order valence-electron chi connectivity index (χ2n) is 4.15. The van der Waals surface area contributed by atoms with E-state index in [2.05, 4.69) is 4.72 Å². The Bertz CT molecular complexity index is 293. The van der Waals surface area contributed by atoms with Gasteiger partial charge >= 0.3 is 0 Å². The van der Waals surface area contributed by atoms with Crippen LogP contribution in [0.1, 0.15) is 26.2 Å². The van der Waals surface area contributed by atoms with Crippen LogP contribution < -0.4 is 10.5 Å². The van der Waals surface area contributed by atoms with Crippen molar-refractivity contribution in [3.8, 4) is 0 Å². The number of methoxy groups -OCH3 is 1. The normalized spacial score (nSPS) is 22.1. The van der Waals surface area contributed by atoms with E-state index >= 15 is 0 Å². The van der Waals surface area contributed by atoms with Crippen molar-refractivity contribution in [2.24, 2.45) is 5.73 Å². The minimum absolute atomic E-state index is 0.134. The third kappa shape index (κ3) is 2.90. The van der Waals surface area contributed by atoms with Gasteiger partial charge in [0.2, 0.25) is 10.0 Å². The molecule has 90 valence electrons. The molecule has 1 atom stereocenters. The molecule has 3 N–H and O–H groups in total. The summed E-state index contributed by atoms with van der Waals surface area (Å²) in [5.74, 6) is 0. The lowest BCUT2D eigenvalue weighted by molar-refractivity contribution is -0.0659. The van der Waals surface area contributed by atoms with Crippen molar-refractivity contribution in [1.29, 1.82) is 0 Å². The fraction of sp³-hybridized carbons (Fsp3) is 1.00. The highest BCUT2D eigenvalue weighted by molar-refractivity contribution is 7.90. The van der Waals surface area contributed by atoms with Gasteiger partial charge in [0.25, 0.3) is 0 Å². The Morgan fingerprint density at radius 1 is 1.53 bits per heavy atom. The van der Waals surface area contributed by atoms with Gasteiger partial charge in [0, 0.05) is 20.2 Å². The fourth-order valence-electron chi connectivity index (χ4n) is 1.53. The molecule has 0 aromatic carbocycles. The number of sulfonamides is 1. The molecule has 1 fully saturated rings. The molecule has 1 aliphatic carbocycles. The number of nitrogens with two attached hydrogens (primary N) is 1. The summed E-state index contributed by atoms with van der Waals surface area (Å²) in [6, 6.07) is 0. The second kappa shape index (κ2) is 4.78. The molecular weight excluding hydrogens is 216 g/mol. The third-order valence-corrected chi connectivity index (χ3v) is 4.95. The lowest BCUT2D eigenvalue weighted by atomic mass is 9.80. The number of hydrogen-bond acceptors (Lipinski definition) is 4. The number of hydrogen-bond donors (Lipinski definition) is 2. The van der Waals surface area contributed by atoms with E-state index < -0.39 is 15.3 Å². The zero-order valence-corrected chi connectivity index (χ0v) is 10.1. The maximum atomic E-state index is 11.6.